The van der Waals surface area contributed by atoms with Crippen LogP contribution in [0.15, 0.2) is 24.3 Å². The van der Waals surface area contributed by atoms with Gasteiger partial charge >= 0.3 is 0 Å². The lowest BCUT2D eigenvalue weighted by Gasteiger charge is -2.28. The van der Waals surface area contributed by atoms with Crippen molar-refractivity contribution in [1.29, 1.82) is 0 Å². The molecule has 0 unspecified atom stereocenters. The number of nitrogens with zero attached hydrogens (tertiary/aromatic N) is 2. The molecular weight excluding hydrogens is 354 g/mol. The summed E-state index contributed by atoms with van der Waals surface area (Å²) in [6, 6.07) is 6.79. The molecule has 0 atom stereocenters. The van der Waals surface area contributed by atoms with Crippen molar-refractivity contribution in [3.8, 4) is 11.3 Å². The standard InChI is InChI=1S/C24H32F2N2/c1-3-4-5-6-18-8-10-19(11-9-18)12-13-20-14-16-22(28-27-20)21-15-7-17(2)23(25)24(21)26/h7,14-16,18-19H,3-6,8-13H2,1-2H3. The van der Waals surface area contributed by atoms with E-state index in [4.69, 9.17) is 0 Å². The topological polar surface area (TPSA) is 25.8 Å². The first-order chi connectivity index (χ1) is 13.6. The first-order valence-corrected chi connectivity index (χ1v) is 10.9. The number of aryl methyl sites for hydroxylation is 2. The fraction of sp³-hybridized carbons (Fsp3) is 0.583. The number of hydrogen-bond donors (Lipinski definition) is 0. The lowest BCUT2D eigenvalue weighted by atomic mass is 9.78. The molecule has 1 aromatic heterocycles. The van der Waals surface area contributed by atoms with E-state index in [9.17, 15) is 8.78 Å². The van der Waals surface area contributed by atoms with Crippen molar-refractivity contribution in [3.05, 3.63) is 47.2 Å². The lowest BCUT2D eigenvalue weighted by Crippen LogP contribution is -2.15. The summed E-state index contributed by atoms with van der Waals surface area (Å²) in [6.07, 6.45) is 12.9. The Balaban J connectivity index is 1.49. The molecular formula is C24H32F2N2. The third kappa shape index (κ3) is 5.36. The Kier molecular flexibility index (Phi) is 7.52. The van der Waals surface area contributed by atoms with Gasteiger partial charge in [0.1, 0.15) is 0 Å². The predicted molar refractivity (Wildman–Crippen MR) is 110 cm³/mol. The Hall–Kier alpha value is -1.84. The summed E-state index contributed by atoms with van der Waals surface area (Å²) in [5.41, 5.74) is 1.78. The molecule has 1 saturated carbocycles. The minimum absolute atomic E-state index is 0.170. The van der Waals surface area contributed by atoms with Crippen LogP contribution in [0, 0.1) is 30.4 Å². The molecule has 1 aromatic carbocycles. The van der Waals surface area contributed by atoms with Crippen molar-refractivity contribution in [2.24, 2.45) is 11.8 Å². The molecule has 1 aliphatic rings. The van der Waals surface area contributed by atoms with E-state index >= 15 is 0 Å². The minimum Gasteiger partial charge on any atom is -0.203 e. The summed E-state index contributed by atoms with van der Waals surface area (Å²) in [6.45, 7) is 3.82. The van der Waals surface area contributed by atoms with Gasteiger partial charge in [-0.05, 0) is 55.4 Å². The molecule has 0 aliphatic heterocycles. The molecule has 1 heterocycles. The van der Waals surface area contributed by atoms with Crippen molar-refractivity contribution in [2.45, 2.75) is 78.1 Å². The number of unbranched alkanes of at least 4 members (excludes halogenated alkanes) is 2. The number of aromatic nitrogens is 2. The molecule has 0 N–H and O–H groups in total. The van der Waals surface area contributed by atoms with E-state index in [1.54, 1.807) is 25.1 Å². The van der Waals surface area contributed by atoms with Crippen LogP contribution in [-0.4, -0.2) is 10.2 Å². The highest BCUT2D eigenvalue weighted by atomic mass is 19.2. The van der Waals surface area contributed by atoms with E-state index in [1.807, 2.05) is 6.07 Å². The van der Waals surface area contributed by atoms with E-state index in [0.717, 1.165) is 30.4 Å². The summed E-state index contributed by atoms with van der Waals surface area (Å²) < 4.78 is 27.9. The van der Waals surface area contributed by atoms with Gasteiger partial charge in [0.05, 0.1) is 11.4 Å². The van der Waals surface area contributed by atoms with Crippen molar-refractivity contribution >= 4 is 0 Å². The van der Waals surface area contributed by atoms with Crippen LogP contribution in [0.5, 0.6) is 0 Å². The molecule has 2 aromatic rings. The van der Waals surface area contributed by atoms with Crippen LogP contribution in [0.3, 0.4) is 0 Å². The van der Waals surface area contributed by atoms with Gasteiger partial charge in [-0.1, -0.05) is 64.4 Å². The molecule has 0 saturated heterocycles. The second kappa shape index (κ2) is 10.1. The van der Waals surface area contributed by atoms with Gasteiger partial charge in [-0.25, -0.2) is 8.78 Å². The quantitative estimate of drug-likeness (QED) is 0.454. The number of halogens is 2. The normalized spacial score (nSPS) is 19.7. The molecule has 28 heavy (non-hydrogen) atoms. The van der Waals surface area contributed by atoms with Crippen LogP contribution in [0.1, 0.15) is 76.0 Å². The maximum Gasteiger partial charge on any atom is 0.168 e. The largest absolute Gasteiger partial charge is 0.203 e. The highest BCUT2D eigenvalue weighted by Crippen LogP contribution is 2.34. The summed E-state index contributed by atoms with van der Waals surface area (Å²) >= 11 is 0. The minimum atomic E-state index is -0.849. The first kappa shape index (κ1) is 20.9. The SMILES string of the molecule is CCCCCC1CCC(CCc2ccc(-c3ccc(C)c(F)c3F)nn2)CC1. The Morgan fingerprint density at radius 1 is 0.857 bits per heavy atom. The Labute approximate surface area is 167 Å². The Bertz CT molecular complexity index is 750. The van der Waals surface area contributed by atoms with Crippen molar-refractivity contribution in [1.82, 2.24) is 10.2 Å². The van der Waals surface area contributed by atoms with Crippen molar-refractivity contribution in [2.75, 3.05) is 0 Å². The molecule has 152 valence electrons. The predicted octanol–water partition coefficient (Wildman–Crippen LogP) is 7.05. The Morgan fingerprint density at radius 3 is 2.21 bits per heavy atom. The van der Waals surface area contributed by atoms with Gasteiger partial charge in [0.25, 0.3) is 0 Å². The lowest BCUT2D eigenvalue weighted by molar-refractivity contribution is 0.248. The zero-order valence-electron chi connectivity index (χ0n) is 17.2. The number of rotatable bonds is 8. The second-order valence-corrected chi connectivity index (χ2v) is 8.39. The molecule has 1 aliphatic carbocycles. The molecule has 2 nitrogen and oxygen atoms in total. The van der Waals surface area contributed by atoms with Crippen LogP contribution >= 0.6 is 0 Å². The molecule has 4 heteroatoms. The molecule has 0 spiro atoms. The van der Waals surface area contributed by atoms with E-state index in [1.165, 1.54) is 51.4 Å². The molecule has 3 rings (SSSR count). The fourth-order valence-electron chi connectivity index (χ4n) is 4.32. The maximum absolute atomic E-state index is 14.1. The van der Waals surface area contributed by atoms with E-state index < -0.39 is 11.6 Å². The summed E-state index contributed by atoms with van der Waals surface area (Å²) in [5, 5.41) is 8.40. The first-order valence-electron chi connectivity index (χ1n) is 10.9. The fourth-order valence-corrected chi connectivity index (χ4v) is 4.32. The van der Waals surface area contributed by atoms with E-state index in [-0.39, 0.29) is 5.56 Å². The zero-order valence-corrected chi connectivity index (χ0v) is 17.2. The van der Waals surface area contributed by atoms with E-state index in [2.05, 4.69) is 17.1 Å². The molecule has 0 amide bonds. The van der Waals surface area contributed by atoms with Gasteiger partial charge in [-0.2, -0.15) is 10.2 Å². The molecule has 0 bridgehead atoms. The van der Waals surface area contributed by atoms with Gasteiger partial charge < -0.3 is 0 Å². The monoisotopic (exact) mass is 386 g/mol. The Morgan fingerprint density at radius 2 is 1.57 bits per heavy atom. The third-order valence-corrected chi connectivity index (χ3v) is 6.26. The zero-order chi connectivity index (χ0) is 19.9. The summed E-state index contributed by atoms with van der Waals surface area (Å²) in [5.74, 6) is 0.0608. The summed E-state index contributed by atoms with van der Waals surface area (Å²) in [4.78, 5) is 0. The number of hydrogen-bond acceptors (Lipinski definition) is 2. The van der Waals surface area contributed by atoms with Crippen LogP contribution in [0.4, 0.5) is 8.78 Å². The molecule has 1 fully saturated rings. The van der Waals surface area contributed by atoms with Gasteiger partial charge in [0.2, 0.25) is 0 Å². The highest BCUT2D eigenvalue weighted by molar-refractivity contribution is 5.60. The molecule has 0 radical (unpaired) electrons. The number of benzene rings is 1. The van der Waals surface area contributed by atoms with E-state index in [0.29, 0.717) is 11.3 Å². The maximum atomic E-state index is 14.1. The van der Waals surface area contributed by atoms with Crippen molar-refractivity contribution in [3.63, 3.8) is 0 Å². The van der Waals surface area contributed by atoms with Gasteiger partial charge in [-0.15, -0.1) is 0 Å². The average molecular weight is 387 g/mol. The van der Waals surface area contributed by atoms with Crippen LogP contribution in [-0.2, 0) is 6.42 Å². The van der Waals surface area contributed by atoms with Crippen LogP contribution in [0.2, 0.25) is 0 Å². The summed E-state index contributed by atoms with van der Waals surface area (Å²) in [7, 11) is 0. The van der Waals surface area contributed by atoms with Gasteiger partial charge in [-0.3, -0.25) is 0 Å². The van der Waals surface area contributed by atoms with Gasteiger partial charge in [0, 0.05) is 5.56 Å². The van der Waals surface area contributed by atoms with Crippen LogP contribution < -0.4 is 0 Å². The smallest absolute Gasteiger partial charge is 0.168 e. The second-order valence-electron chi connectivity index (χ2n) is 8.39. The van der Waals surface area contributed by atoms with Gasteiger partial charge in [0.15, 0.2) is 11.6 Å². The third-order valence-electron chi connectivity index (χ3n) is 6.26. The average Bonchev–Trinajstić information content (AvgIpc) is 2.72. The highest BCUT2D eigenvalue weighted by Gasteiger charge is 2.21. The van der Waals surface area contributed by atoms with Crippen LogP contribution in [0.25, 0.3) is 11.3 Å². The van der Waals surface area contributed by atoms with Crippen molar-refractivity contribution < 1.29 is 8.78 Å².